The highest BCUT2D eigenvalue weighted by Crippen LogP contribution is 2.64. The minimum absolute atomic E-state index is 0.434. The molecule has 2 aliphatic rings. The van der Waals surface area contributed by atoms with E-state index >= 15 is 0 Å². The zero-order valence-electron chi connectivity index (χ0n) is 33.5. The first-order valence-electron chi connectivity index (χ1n) is 21.1. The molecular weight excluding hydrogens is 771 g/mol. The smallest absolute Gasteiger partial charge is 0.164 e. The lowest BCUT2D eigenvalue weighted by Gasteiger charge is -2.30. The van der Waals surface area contributed by atoms with Crippen LogP contribution in [0.15, 0.2) is 212 Å². The van der Waals surface area contributed by atoms with Crippen LogP contribution in [-0.4, -0.2) is 15.0 Å². The van der Waals surface area contributed by atoms with Gasteiger partial charge in [-0.1, -0.05) is 200 Å². The molecule has 11 aromatic rings. The highest BCUT2D eigenvalue weighted by Gasteiger charge is 2.52. The molecule has 0 N–H and O–H groups in total. The number of thiophene rings is 1. The fraction of sp³-hybridized carbons (Fsp3) is 0.0172. The lowest BCUT2D eigenvalue weighted by Crippen LogP contribution is -2.25. The van der Waals surface area contributed by atoms with Crippen molar-refractivity contribution in [2.24, 2.45) is 0 Å². The highest BCUT2D eigenvalue weighted by molar-refractivity contribution is 7.26. The summed E-state index contributed by atoms with van der Waals surface area (Å²) in [6, 6.07) is 76.7. The second kappa shape index (κ2) is 13.6. The molecule has 9 aromatic carbocycles. The van der Waals surface area contributed by atoms with Crippen LogP contribution in [0.5, 0.6) is 0 Å². The number of nitrogens with zero attached hydrogens (tertiary/aromatic N) is 3. The first-order chi connectivity index (χ1) is 30.8. The molecule has 0 fully saturated rings. The molecule has 0 saturated carbocycles. The fourth-order valence-corrected chi connectivity index (χ4v) is 11.7. The monoisotopic (exact) mass is 805 g/mol. The van der Waals surface area contributed by atoms with E-state index in [9.17, 15) is 0 Å². The van der Waals surface area contributed by atoms with E-state index in [4.69, 9.17) is 15.0 Å². The summed E-state index contributed by atoms with van der Waals surface area (Å²) >= 11 is 1.85. The number of aromatic nitrogens is 3. The Bertz CT molecular complexity index is 3560. The van der Waals surface area contributed by atoms with E-state index in [2.05, 4.69) is 194 Å². The number of rotatable bonds is 5. The van der Waals surface area contributed by atoms with Gasteiger partial charge in [0, 0.05) is 36.9 Å². The van der Waals surface area contributed by atoms with Gasteiger partial charge in [-0.2, -0.15) is 0 Å². The Labute approximate surface area is 363 Å². The summed E-state index contributed by atoms with van der Waals surface area (Å²) in [6.45, 7) is 0. The molecular formula is C58H35N3S. The Morgan fingerprint density at radius 1 is 0.306 bits per heavy atom. The number of benzene rings is 9. The molecule has 2 aromatic heterocycles. The van der Waals surface area contributed by atoms with Gasteiger partial charge in [0.05, 0.1) is 5.41 Å². The van der Waals surface area contributed by atoms with Crippen LogP contribution < -0.4 is 0 Å². The van der Waals surface area contributed by atoms with E-state index in [0.717, 1.165) is 33.4 Å². The molecule has 0 aliphatic heterocycles. The van der Waals surface area contributed by atoms with Crippen LogP contribution in [0.1, 0.15) is 22.3 Å². The zero-order chi connectivity index (χ0) is 40.8. The summed E-state index contributed by atoms with van der Waals surface area (Å²) in [5.41, 5.74) is 17.4. The first kappa shape index (κ1) is 35.0. The second-order valence-corrected chi connectivity index (χ2v) is 17.2. The second-order valence-electron chi connectivity index (χ2n) is 16.2. The molecule has 3 nitrogen and oxygen atoms in total. The van der Waals surface area contributed by atoms with Gasteiger partial charge in [0.1, 0.15) is 0 Å². The van der Waals surface area contributed by atoms with Crippen molar-refractivity contribution in [3.8, 4) is 78.7 Å². The maximum Gasteiger partial charge on any atom is 0.164 e. The van der Waals surface area contributed by atoms with Crippen LogP contribution in [0.2, 0.25) is 0 Å². The lowest BCUT2D eigenvalue weighted by molar-refractivity contribution is 0.794. The summed E-state index contributed by atoms with van der Waals surface area (Å²) in [6.07, 6.45) is 0. The predicted octanol–water partition coefficient (Wildman–Crippen LogP) is 14.9. The van der Waals surface area contributed by atoms with Crippen molar-refractivity contribution >= 4 is 31.5 Å². The maximum absolute atomic E-state index is 5.37. The Kier molecular flexibility index (Phi) is 7.69. The van der Waals surface area contributed by atoms with Gasteiger partial charge in [-0.25, -0.2) is 15.0 Å². The SMILES string of the molecule is c1ccc(-c2nc(-c3cccc(-c4cccc5c4sc4ccccc45)c3)nc(-c3ccccc3-c3cccc4c3-c3ccccc3C43c4ccccc4-c4ccccc43)n2)cc1. The quantitative estimate of drug-likeness (QED) is 0.174. The van der Waals surface area contributed by atoms with Gasteiger partial charge < -0.3 is 0 Å². The lowest BCUT2D eigenvalue weighted by atomic mass is 9.70. The number of hydrogen-bond acceptors (Lipinski definition) is 4. The van der Waals surface area contributed by atoms with Crippen LogP contribution >= 0.6 is 11.3 Å². The Morgan fingerprint density at radius 2 is 0.790 bits per heavy atom. The van der Waals surface area contributed by atoms with Crippen molar-refractivity contribution < 1.29 is 0 Å². The van der Waals surface area contributed by atoms with Crippen molar-refractivity contribution in [2.45, 2.75) is 5.41 Å². The van der Waals surface area contributed by atoms with Crippen molar-refractivity contribution in [3.63, 3.8) is 0 Å². The van der Waals surface area contributed by atoms with E-state index in [1.807, 2.05) is 29.5 Å². The molecule has 4 heteroatoms. The fourth-order valence-electron chi connectivity index (χ4n) is 10.4. The topological polar surface area (TPSA) is 38.7 Å². The Hall–Kier alpha value is -7.79. The minimum Gasteiger partial charge on any atom is -0.208 e. The zero-order valence-corrected chi connectivity index (χ0v) is 34.3. The highest BCUT2D eigenvalue weighted by atomic mass is 32.1. The van der Waals surface area contributed by atoms with Gasteiger partial charge in [0.15, 0.2) is 17.5 Å². The van der Waals surface area contributed by atoms with E-state index in [0.29, 0.717) is 17.5 Å². The van der Waals surface area contributed by atoms with Gasteiger partial charge in [0.2, 0.25) is 0 Å². The van der Waals surface area contributed by atoms with Crippen molar-refractivity contribution in [3.05, 3.63) is 235 Å². The van der Waals surface area contributed by atoms with E-state index in [1.54, 1.807) is 0 Å². The summed E-state index contributed by atoms with van der Waals surface area (Å²) in [5, 5.41) is 2.57. The molecule has 0 amide bonds. The summed E-state index contributed by atoms with van der Waals surface area (Å²) in [7, 11) is 0. The number of hydrogen-bond donors (Lipinski definition) is 0. The molecule has 0 atom stereocenters. The third-order valence-electron chi connectivity index (χ3n) is 13.0. The largest absolute Gasteiger partial charge is 0.208 e. The number of fused-ring (bicyclic) bond motifs is 13. The van der Waals surface area contributed by atoms with Crippen LogP contribution in [0.4, 0.5) is 0 Å². The molecule has 0 bridgehead atoms. The Balaban J connectivity index is 1.01. The van der Waals surface area contributed by atoms with Crippen LogP contribution in [0, 0.1) is 0 Å². The van der Waals surface area contributed by atoms with Gasteiger partial charge >= 0.3 is 0 Å². The van der Waals surface area contributed by atoms with E-state index < -0.39 is 5.41 Å². The van der Waals surface area contributed by atoms with Gasteiger partial charge in [-0.15, -0.1) is 11.3 Å². The van der Waals surface area contributed by atoms with Gasteiger partial charge in [-0.3, -0.25) is 0 Å². The summed E-state index contributed by atoms with van der Waals surface area (Å²) < 4.78 is 2.57. The molecule has 2 heterocycles. The van der Waals surface area contributed by atoms with Crippen LogP contribution in [0.3, 0.4) is 0 Å². The van der Waals surface area contributed by atoms with Crippen molar-refractivity contribution in [1.82, 2.24) is 15.0 Å². The summed E-state index contributed by atoms with van der Waals surface area (Å²) in [4.78, 5) is 15.8. The normalized spacial score (nSPS) is 13.0. The molecule has 0 saturated heterocycles. The van der Waals surface area contributed by atoms with Crippen molar-refractivity contribution in [1.29, 1.82) is 0 Å². The molecule has 0 radical (unpaired) electrons. The molecule has 62 heavy (non-hydrogen) atoms. The van der Waals surface area contributed by atoms with Gasteiger partial charge in [0.25, 0.3) is 0 Å². The first-order valence-corrected chi connectivity index (χ1v) is 21.9. The van der Waals surface area contributed by atoms with E-state index in [-0.39, 0.29) is 0 Å². The minimum atomic E-state index is -0.434. The predicted molar refractivity (Wildman–Crippen MR) is 256 cm³/mol. The standard InChI is InChI=1S/C58H35N3S/c1-2-17-36(18-3-1)55-59-56(38-20-14-19-37(35-38)39-27-15-29-45-43-24-9-13-34-52(43)62-54(39)45)61-57(60-55)46-25-5-4-21-40(46)44-28-16-33-51-53(44)47-26-8-12-32-50(47)58(51)48-30-10-6-22-41(48)42-23-7-11-31-49(42)58/h1-35H. The van der Waals surface area contributed by atoms with Crippen LogP contribution in [0.25, 0.3) is 98.8 Å². The molecule has 13 rings (SSSR count). The Morgan fingerprint density at radius 3 is 1.56 bits per heavy atom. The maximum atomic E-state index is 5.37. The summed E-state index contributed by atoms with van der Waals surface area (Å²) in [5.74, 6) is 1.91. The van der Waals surface area contributed by atoms with E-state index in [1.165, 1.54) is 70.2 Å². The third-order valence-corrected chi connectivity index (χ3v) is 14.2. The third kappa shape index (κ3) is 5.02. The van der Waals surface area contributed by atoms with Gasteiger partial charge in [-0.05, 0) is 78.9 Å². The molecule has 0 unspecified atom stereocenters. The average molecular weight is 806 g/mol. The molecule has 288 valence electrons. The average Bonchev–Trinajstić information content (AvgIpc) is 3.99. The molecule has 1 spiro atoms. The van der Waals surface area contributed by atoms with Crippen LogP contribution in [-0.2, 0) is 5.41 Å². The van der Waals surface area contributed by atoms with Crippen molar-refractivity contribution in [2.75, 3.05) is 0 Å². The molecule has 2 aliphatic carbocycles.